The fourth-order valence-electron chi connectivity index (χ4n) is 5.17. The summed E-state index contributed by atoms with van der Waals surface area (Å²) in [7, 11) is 0. The Morgan fingerprint density at radius 2 is 1.86 bits per heavy atom. The number of aromatic amines is 1. The normalized spacial score (nSPS) is 18.7. The van der Waals surface area contributed by atoms with Gasteiger partial charge in [0.1, 0.15) is 13.2 Å². The lowest BCUT2D eigenvalue weighted by molar-refractivity contribution is 0.00152. The van der Waals surface area contributed by atoms with Crippen LogP contribution >= 0.6 is 0 Å². The maximum absolute atomic E-state index is 13.5. The number of ether oxygens (including phenoxy) is 4. The van der Waals surface area contributed by atoms with Crippen LogP contribution in [0.15, 0.2) is 18.5 Å². The number of piperidine rings is 1. The number of H-pyrrole nitrogens is 1. The number of fused-ring (bicyclic) bond motifs is 2. The number of amides is 1. The largest absolute Gasteiger partial charge is 0.485 e. The molecule has 0 unspecified atom stereocenters. The zero-order chi connectivity index (χ0) is 25.2. The van der Waals surface area contributed by atoms with Crippen molar-refractivity contribution in [3.05, 3.63) is 24.0 Å². The highest BCUT2D eigenvalue weighted by Crippen LogP contribution is 2.42. The van der Waals surface area contributed by atoms with E-state index in [4.69, 9.17) is 18.9 Å². The van der Waals surface area contributed by atoms with Crippen molar-refractivity contribution in [2.45, 2.75) is 25.8 Å². The molecule has 2 fully saturated rings. The quantitative estimate of drug-likeness (QED) is 0.511. The number of rotatable bonds is 6. The average molecular weight is 510 g/mol. The molecule has 0 saturated carbocycles. The molecule has 0 radical (unpaired) electrons. The molecule has 0 aliphatic carbocycles. The third-order valence-corrected chi connectivity index (χ3v) is 7.01. The van der Waals surface area contributed by atoms with Crippen molar-refractivity contribution in [2.24, 2.45) is 0 Å². The molecule has 2 N–H and O–H groups in total. The lowest BCUT2D eigenvalue weighted by Gasteiger charge is -2.40. The van der Waals surface area contributed by atoms with Gasteiger partial charge in [0, 0.05) is 32.2 Å². The number of carbonyl (C=O) groups is 1. The number of morpholine rings is 1. The number of carbonyl (C=O) groups excluding carboxylic acids is 1. The summed E-state index contributed by atoms with van der Waals surface area (Å²) in [4.78, 5) is 34.1. The number of nitrogens with one attached hydrogen (secondary N) is 2. The molecule has 3 aliphatic rings. The number of anilines is 2. The van der Waals surface area contributed by atoms with Gasteiger partial charge in [0.25, 0.3) is 5.91 Å². The highest BCUT2D eigenvalue weighted by Gasteiger charge is 2.31. The van der Waals surface area contributed by atoms with E-state index in [2.05, 4.69) is 30.2 Å². The Labute approximate surface area is 214 Å². The highest BCUT2D eigenvalue weighted by molar-refractivity contribution is 5.99. The summed E-state index contributed by atoms with van der Waals surface area (Å²) in [6.45, 7) is 8.04. The van der Waals surface area contributed by atoms with E-state index in [1.165, 1.54) is 0 Å². The maximum Gasteiger partial charge on any atom is 0.257 e. The summed E-state index contributed by atoms with van der Waals surface area (Å²) in [6.07, 6.45) is 3.47. The van der Waals surface area contributed by atoms with Crippen LogP contribution in [0.4, 0.5) is 11.6 Å². The molecule has 6 rings (SSSR count). The highest BCUT2D eigenvalue weighted by atomic mass is 16.6. The first-order chi connectivity index (χ1) is 18.2. The van der Waals surface area contributed by atoms with E-state index in [-0.39, 0.29) is 5.91 Å². The Morgan fingerprint density at radius 3 is 2.65 bits per heavy atom. The first-order valence-electron chi connectivity index (χ1n) is 12.9. The van der Waals surface area contributed by atoms with Crippen LogP contribution in [0.3, 0.4) is 0 Å². The standard InChI is InChI=1S/C25H31N7O5/c1-2-35-23-19-22(27-15-26-19)29-25(30-23)28-18-4-3-17(20-21(18)37-14-13-36-20)24(33)32-7-5-16(6-8-32)31-9-11-34-12-10-31/h3-4,15-16H,2,5-14H2,1H3,(H2,26,27,28,29,30). The third kappa shape index (κ3) is 4.74. The molecule has 196 valence electrons. The first-order valence-corrected chi connectivity index (χ1v) is 12.9. The van der Waals surface area contributed by atoms with Crippen LogP contribution in [0.25, 0.3) is 11.2 Å². The van der Waals surface area contributed by atoms with E-state index in [0.717, 1.165) is 39.1 Å². The fraction of sp³-hybridized carbons (Fsp3) is 0.520. The van der Waals surface area contributed by atoms with Crippen LogP contribution in [0.5, 0.6) is 17.4 Å². The summed E-state index contributed by atoms with van der Waals surface area (Å²) < 4.78 is 23.1. The van der Waals surface area contributed by atoms with Gasteiger partial charge in [-0.1, -0.05) is 0 Å². The molecule has 3 aliphatic heterocycles. The average Bonchev–Trinajstić information content (AvgIpc) is 3.43. The second-order valence-electron chi connectivity index (χ2n) is 9.20. The molecule has 12 nitrogen and oxygen atoms in total. The molecule has 37 heavy (non-hydrogen) atoms. The Bertz CT molecular complexity index is 1270. The zero-order valence-electron chi connectivity index (χ0n) is 20.9. The summed E-state index contributed by atoms with van der Waals surface area (Å²) in [5.74, 6) is 1.59. The minimum atomic E-state index is -0.0394. The summed E-state index contributed by atoms with van der Waals surface area (Å²) in [5.41, 5.74) is 2.23. The van der Waals surface area contributed by atoms with Gasteiger partial charge in [-0.3, -0.25) is 9.69 Å². The molecule has 5 heterocycles. The lowest BCUT2D eigenvalue weighted by atomic mass is 10.0. The number of hydrogen-bond acceptors (Lipinski definition) is 10. The van der Waals surface area contributed by atoms with Crippen molar-refractivity contribution in [1.29, 1.82) is 0 Å². The summed E-state index contributed by atoms with van der Waals surface area (Å²) in [5, 5.41) is 3.21. The number of benzene rings is 1. The molecule has 0 bridgehead atoms. The van der Waals surface area contributed by atoms with Crippen LogP contribution in [-0.4, -0.2) is 101 Å². The third-order valence-electron chi connectivity index (χ3n) is 7.01. The number of aromatic nitrogens is 4. The Morgan fingerprint density at radius 1 is 1.08 bits per heavy atom. The Hall–Kier alpha value is -3.64. The van der Waals surface area contributed by atoms with Crippen molar-refractivity contribution in [2.75, 3.05) is 64.5 Å². The van der Waals surface area contributed by atoms with Gasteiger partial charge >= 0.3 is 0 Å². The van der Waals surface area contributed by atoms with Crippen LogP contribution < -0.4 is 19.5 Å². The predicted octanol–water partition coefficient (Wildman–Crippen LogP) is 2.20. The van der Waals surface area contributed by atoms with Gasteiger partial charge in [-0.15, -0.1) is 0 Å². The molecule has 2 aromatic heterocycles. The van der Waals surface area contributed by atoms with Crippen molar-refractivity contribution in [3.63, 3.8) is 0 Å². The number of likely N-dealkylation sites (tertiary alicyclic amines) is 1. The predicted molar refractivity (Wildman–Crippen MR) is 135 cm³/mol. The van der Waals surface area contributed by atoms with Gasteiger partial charge in [-0.2, -0.15) is 9.97 Å². The van der Waals surface area contributed by atoms with Crippen LogP contribution in [0.2, 0.25) is 0 Å². The lowest BCUT2D eigenvalue weighted by Crippen LogP contribution is -2.50. The second kappa shape index (κ2) is 10.4. The smallest absolute Gasteiger partial charge is 0.257 e. The Kier molecular flexibility index (Phi) is 6.66. The van der Waals surface area contributed by atoms with Gasteiger partial charge < -0.3 is 34.1 Å². The summed E-state index contributed by atoms with van der Waals surface area (Å²) in [6, 6.07) is 4.09. The van der Waals surface area contributed by atoms with Crippen molar-refractivity contribution < 1.29 is 23.7 Å². The second-order valence-corrected chi connectivity index (χ2v) is 9.20. The Balaban J connectivity index is 1.22. The number of nitrogens with zero attached hydrogens (tertiary/aromatic N) is 5. The zero-order valence-corrected chi connectivity index (χ0v) is 20.9. The van der Waals surface area contributed by atoms with Crippen molar-refractivity contribution in [3.8, 4) is 17.4 Å². The van der Waals surface area contributed by atoms with Gasteiger partial charge in [-0.05, 0) is 31.9 Å². The maximum atomic E-state index is 13.5. The molecule has 0 atom stereocenters. The van der Waals surface area contributed by atoms with Crippen LogP contribution in [0.1, 0.15) is 30.1 Å². The van der Waals surface area contributed by atoms with E-state index in [1.807, 2.05) is 17.9 Å². The van der Waals surface area contributed by atoms with Gasteiger partial charge in [0.05, 0.1) is 37.4 Å². The molecule has 1 amide bonds. The minimum Gasteiger partial charge on any atom is -0.485 e. The van der Waals surface area contributed by atoms with Crippen LogP contribution in [-0.2, 0) is 4.74 Å². The van der Waals surface area contributed by atoms with E-state index >= 15 is 0 Å². The monoisotopic (exact) mass is 509 g/mol. The first kappa shape index (κ1) is 23.7. The van der Waals surface area contributed by atoms with Crippen molar-refractivity contribution in [1.82, 2.24) is 29.7 Å². The van der Waals surface area contributed by atoms with E-state index in [1.54, 1.807) is 12.4 Å². The fourth-order valence-corrected chi connectivity index (χ4v) is 5.17. The van der Waals surface area contributed by atoms with Gasteiger partial charge in [0.2, 0.25) is 11.8 Å². The van der Waals surface area contributed by atoms with Crippen LogP contribution in [0, 0.1) is 0 Å². The van der Waals surface area contributed by atoms with E-state index in [9.17, 15) is 4.79 Å². The molecular weight excluding hydrogens is 478 g/mol. The summed E-state index contributed by atoms with van der Waals surface area (Å²) >= 11 is 0. The molecule has 12 heteroatoms. The van der Waals surface area contributed by atoms with Gasteiger partial charge in [0.15, 0.2) is 22.7 Å². The minimum absolute atomic E-state index is 0.0394. The molecule has 1 aromatic carbocycles. The number of hydrogen-bond donors (Lipinski definition) is 2. The number of imidazole rings is 1. The molecule has 3 aromatic rings. The van der Waals surface area contributed by atoms with E-state index in [0.29, 0.717) is 84.7 Å². The SMILES string of the molecule is CCOc1nc(Nc2ccc(C(=O)N3CCC(N4CCOCC4)CC3)c3c2OCCO3)nc2[nH]cnc12. The topological polar surface area (TPSA) is 127 Å². The van der Waals surface area contributed by atoms with E-state index < -0.39 is 0 Å². The van der Waals surface area contributed by atoms with Crippen molar-refractivity contribution >= 4 is 28.7 Å². The molecule has 0 spiro atoms. The van der Waals surface area contributed by atoms with Gasteiger partial charge in [-0.25, -0.2) is 4.98 Å². The molecule has 2 saturated heterocycles. The molecular formula is C25H31N7O5.